The van der Waals surface area contributed by atoms with Crippen LogP contribution < -0.4 is 10.7 Å². The van der Waals surface area contributed by atoms with Crippen LogP contribution in [0.1, 0.15) is 24.0 Å². The van der Waals surface area contributed by atoms with E-state index >= 15 is 0 Å². The van der Waals surface area contributed by atoms with Crippen LogP contribution in [0.2, 0.25) is 5.02 Å². The van der Waals surface area contributed by atoms with E-state index in [1.54, 1.807) is 18.2 Å². The van der Waals surface area contributed by atoms with Gasteiger partial charge in [0, 0.05) is 27.1 Å². The van der Waals surface area contributed by atoms with Crippen LogP contribution in [0.5, 0.6) is 0 Å². The van der Waals surface area contributed by atoms with Crippen molar-refractivity contribution < 1.29 is 9.59 Å². The van der Waals surface area contributed by atoms with Gasteiger partial charge in [-0.3, -0.25) is 9.59 Å². The molecular weight excluding hydrogens is 453 g/mol. The first-order valence-electron chi connectivity index (χ1n) is 7.57. The maximum absolute atomic E-state index is 11.9. The Kier molecular flexibility index (Phi) is 7.39. The lowest BCUT2D eigenvalue weighted by Gasteiger charge is -2.08. The first kappa shape index (κ1) is 19.4. The number of carbonyl (C=O) groups is 2. The molecule has 0 aliphatic carbocycles. The van der Waals surface area contributed by atoms with E-state index in [9.17, 15) is 9.59 Å². The molecular formula is C18H17ClIN3O2. The Bertz CT molecular complexity index is 809. The summed E-state index contributed by atoms with van der Waals surface area (Å²) in [6.07, 6.45) is 1.64. The molecule has 2 aromatic rings. The molecule has 25 heavy (non-hydrogen) atoms. The maximum Gasteiger partial charge on any atom is 0.240 e. The zero-order valence-electron chi connectivity index (χ0n) is 13.6. The Morgan fingerprint density at radius 1 is 1.16 bits per heavy atom. The second-order valence-corrected chi connectivity index (χ2v) is 7.04. The average Bonchev–Trinajstić information content (AvgIpc) is 2.56. The highest BCUT2D eigenvalue weighted by atomic mass is 127. The summed E-state index contributed by atoms with van der Waals surface area (Å²) in [5.41, 5.74) is 4.91. The molecule has 2 N–H and O–H groups in total. The van der Waals surface area contributed by atoms with Crippen molar-refractivity contribution in [3.8, 4) is 0 Å². The van der Waals surface area contributed by atoms with E-state index in [-0.39, 0.29) is 24.7 Å². The van der Waals surface area contributed by atoms with Crippen LogP contribution in [0.15, 0.2) is 47.6 Å². The minimum atomic E-state index is -0.326. The van der Waals surface area contributed by atoms with Gasteiger partial charge in [-0.25, -0.2) is 5.43 Å². The molecule has 0 saturated heterocycles. The van der Waals surface area contributed by atoms with Crippen LogP contribution >= 0.6 is 34.2 Å². The van der Waals surface area contributed by atoms with E-state index in [0.29, 0.717) is 5.02 Å². The highest BCUT2D eigenvalue weighted by molar-refractivity contribution is 14.1. The van der Waals surface area contributed by atoms with Gasteiger partial charge in [0.2, 0.25) is 11.8 Å². The third-order valence-corrected chi connectivity index (χ3v) is 4.20. The fraction of sp³-hybridized carbons (Fsp3) is 0.167. The number of amides is 2. The Morgan fingerprint density at radius 2 is 1.92 bits per heavy atom. The lowest BCUT2D eigenvalue weighted by atomic mass is 10.2. The minimum absolute atomic E-state index is 0.0577. The lowest BCUT2D eigenvalue weighted by molar-refractivity contribution is -0.124. The lowest BCUT2D eigenvalue weighted by Crippen LogP contribution is -2.20. The Balaban J connectivity index is 1.76. The molecule has 0 spiro atoms. The third-order valence-electron chi connectivity index (χ3n) is 3.29. The van der Waals surface area contributed by atoms with E-state index in [0.717, 1.165) is 20.4 Å². The molecule has 7 heteroatoms. The number of hydrogen-bond acceptors (Lipinski definition) is 3. The molecule has 0 radical (unpaired) electrons. The van der Waals surface area contributed by atoms with Crippen molar-refractivity contribution in [2.45, 2.75) is 19.8 Å². The average molecular weight is 470 g/mol. The molecule has 0 saturated carbocycles. The molecule has 5 nitrogen and oxygen atoms in total. The van der Waals surface area contributed by atoms with Crippen LogP contribution in [0.3, 0.4) is 0 Å². The Hall–Kier alpha value is -1.93. The predicted octanol–water partition coefficient (Wildman–Crippen LogP) is 4.12. The standard InChI is InChI=1S/C18H17ClIN3O2/c1-12-9-15(20)5-6-16(12)22-17(24)7-8-18(25)23-21-11-13-3-2-4-14(19)10-13/h2-6,9-11H,7-8H2,1H3,(H,22,24)(H,23,25)/b21-11+. The van der Waals surface area contributed by atoms with Crippen molar-refractivity contribution in [1.82, 2.24) is 5.43 Å². The molecule has 0 unspecified atom stereocenters. The van der Waals surface area contributed by atoms with Crippen LogP contribution in [0, 0.1) is 10.5 Å². The van der Waals surface area contributed by atoms with Crippen molar-refractivity contribution >= 4 is 57.9 Å². The molecule has 2 rings (SSSR count). The van der Waals surface area contributed by atoms with E-state index in [2.05, 4.69) is 38.4 Å². The molecule has 0 aromatic heterocycles. The van der Waals surface area contributed by atoms with Gasteiger partial charge in [-0.15, -0.1) is 0 Å². The summed E-state index contributed by atoms with van der Waals surface area (Å²) < 4.78 is 1.10. The quantitative estimate of drug-likeness (QED) is 0.379. The second kappa shape index (κ2) is 9.53. The first-order chi connectivity index (χ1) is 11.9. The summed E-state index contributed by atoms with van der Waals surface area (Å²) in [6.45, 7) is 1.93. The smallest absolute Gasteiger partial charge is 0.240 e. The van der Waals surface area contributed by atoms with Crippen molar-refractivity contribution in [3.63, 3.8) is 0 Å². The SMILES string of the molecule is Cc1cc(I)ccc1NC(=O)CCC(=O)N/N=C/c1cccc(Cl)c1. The second-order valence-electron chi connectivity index (χ2n) is 5.36. The molecule has 0 aliphatic rings. The Morgan fingerprint density at radius 3 is 2.64 bits per heavy atom. The van der Waals surface area contributed by atoms with Gasteiger partial charge in [0.15, 0.2) is 0 Å². The third kappa shape index (κ3) is 6.83. The summed E-state index contributed by atoms with van der Waals surface area (Å²) >= 11 is 8.08. The molecule has 0 heterocycles. The number of rotatable bonds is 6. The number of nitrogens with zero attached hydrogens (tertiary/aromatic N) is 1. The fourth-order valence-electron chi connectivity index (χ4n) is 2.03. The highest BCUT2D eigenvalue weighted by Crippen LogP contribution is 2.18. The van der Waals surface area contributed by atoms with Crippen molar-refractivity contribution in [2.24, 2.45) is 5.10 Å². The normalized spacial score (nSPS) is 10.7. The first-order valence-corrected chi connectivity index (χ1v) is 9.03. The number of aryl methyl sites for hydroxylation is 1. The number of anilines is 1. The topological polar surface area (TPSA) is 70.6 Å². The molecule has 0 aliphatic heterocycles. The number of hydrogen-bond donors (Lipinski definition) is 2. The number of nitrogens with one attached hydrogen (secondary N) is 2. The summed E-state index contributed by atoms with van der Waals surface area (Å²) in [4.78, 5) is 23.7. The number of halogens is 2. The van der Waals surface area contributed by atoms with Crippen LogP contribution in [-0.4, -0.2) is 18.0 Å². The van der Waals surface area contributed by atoms with Crippen molar-refractivity contribution in [3.05, 3.63) is 62.2 Å². The van der Waals surface area contributed by atoms with Crippen molar-refractivity contribution in [1.29, 1.82) is 0 Å². The van der Waals surface area contributed by atoms with E-state index in [1.165, 1.54) is 6.21 Å². The summed E-state index contributed by atoms with van der Waals surface area (Å²) in [7, 11) is 0. The molecule has 130 valence electrons. The van der Waals surface area contributed by atoms with E-state index in [1.807, 2.05) is 31.2 Å². The summed E-state index contributed by atoms with van der Waals surface area (Å²) in [5.74, 6) is -0.536. The zero-order valence-corrected chi connectivity index (χ0v) is 16.5. The molecule has 2 aromatic carbocycles. The minimum Gasteiger partial charge on any atom is -0.326 e. The van der Waals surface area contributed by atoms with Gasteiger partial charge in [0.05, 0.1) is 6.21 Å². The monoisotopic (exact) mass is 469 g/mol. The van der Waals surface area contributed by atoms with Gasteiger partial charge < -0.3 is 5.32 Å². The van der Waals surface area contributed by atoms with Gasteiger partial charge in [-0.1, -0.05) is 23.7 Å². The zero-order chi connectivity index (χ0) is 18.2. The van der Waals surface area contributed by atoms with E-state index in [4.69, 9.17) is 11.6 Å². The predicted molar refractivity (Wildman–Crippen MR) is 109 cm³/mol. The fourth-order valence-corrected chi connectivity index (χ4v) is 2.87. The highest BCUT2D eigenvalue weighted by Gasteiger charge is 2.08. The van der Waals surface area contributed by atoms with Crippen LogP contribution in [-0.2, 0) is 9.59 Å². The number of carbonyl (C=O) groups excluding carboxylic acids is 2. The number of benzene rings is 2. The van der Waals surface area contributed by atoms with Crippen molar-refractivity contribution in [2.75, 3.05) is 5.32 Å². The molecule has 2 amide bonds. The van der Waals surface area contributed by atoms with Crippen LogP contribution in [0.4, 0.5) is 5.69 Å². The molecule has 0 bridgehead atoms. The number of hydrazone groups is 1. The van der Waals surface area contributed by atoms with Gasteiger partial charge in [0.25, 0.3) is 0 Å². The molecule has 0 atom stereocenters. The summed E-state index contributed by atoms with van der Waals surface area (Å²) in [6, 6.07) is 12.8. The van der Waals surface area contributed by atoms with Gasteiger partial charge >= 0.3 is 0 Å². The van der Waals surface area contributed by atoms with E-state index < -0.39 is 0 Å². The summed E-state index contributed by atoms with van der Waals surface area (Å²) in [5, 5.41) is 7.25. The largest absolute Gasteiger partial charge is 0.326 e. The van der Waals surface area contributed by atoms with Gasteiger partial charge in [-0.2, -0.15) is 5.10 Å². The maximum atomic E-state index is 11.9. The molecule has 0 fully saturated rings. The van der Waals surface area contributed by atoms with Gasteiger partial charge in [-0.05, 0) is 71.0 Å². The Labute approximate surface area is 165 Å². The van der Waals surface area contributed by atoms with Gasteiger partial charge in [0.1, 0.15) is 0 Å². The van der Waals surface area contributed by atoms with Crippen LogP contribution in [0.25, 0.3) is 0 Å².